The van der Waals surface area contributed by atoms with Gasteiger partial charge >= 0.3 is 0 Å². The van der Waals surface area contributed by atoms with Crippen molar-refractivity contribution in [1.82, 2.24) is 4.90 Å². The Labute approximate surface area is 126 Å². The molecule has 1 spiro atoms. The largest absolute Gasteiger partial charge is 0.375 e. The van der Waals surface area contributed by atoms with Gasteiger partial charge in [-0.15, -0.1) is 0 Å². The van der Waals surface area contributed by atoms with E-state index in [1.165, 1.54) is 0 Å². The van der Waals surface area contributed by atoms with Crippen molar-refractivity contribution >= 4 is 5.78 Å². The molecule has 3 rings (SSSR count). The van der Waals surface area contributed by atoms with Crippen LogP contribution in [0.2, 0.25) is 0 Å². The van der Waals surface area contributed by atoms with E-state index in [9.17, 15) is 4.79 Å². The molecule has 2 unspecified atom stereocenters. The Kier molecular flexibility index (Phi) is 4.38. The quantitative estimate of drug-likeness (QED) is 0.796. The summed E-state index contributed by atoms with van der Waals surface area (Å²) in [6, 6.07) is 9.53. The van der Waals surface area contributed by atoms with E-state index < -0.39 is 0 Å². The first kappa shape index (κ1) is 14.7. The fourth-order valence-corrected chi connectivity index (χ4v) is 3.26. The summed E-state index contributed by atoms with van der Waals surface area (Å²) in [4.78, 5) is 14.5. The molecule has 0 amide bonds. The van der Waals surface area contributed by atoms with Crippen LogP contribution in [0.15, 0.2) is 30.3 Å². The third-order valence-corrected chi connectivity index (χ3v) is 4.67. The molecule has 0 radical (unpaired) electrons. The van der Waals surface area contributed by atoms with E-state index in [4.69, 9.17) is 9.47 Å². The number of morpholine rings is 1. The third kappa shape index (κ3) is 3.18. The van der Waals surface area contributed by atoms with Gasteiger partial charge in [0.1, 0.15) is 5.60 Å². The second-order valence-corrected chi connectivity index (χ2v) is 5.99. The zero-order chi connectivity index (χ0) is 14.7. The summed E-state index contributed by atoms with van der Waals surface area (Å²) in [5, 5.41) is 0. The number of Topliss-reactive ketones (excluding diaryl/α,β-unsaturated/α-hetero) is 1. The molecular formula is C17H23NO3. The van der Waals surface area contributed by atoms with Crippen LogP contribution in [0.25, 0.3) is 0 Å². The number of carbonyl (C=O) groups is 1. The highest BCUT2D eigenvalue weighted by Crippen LogP contribution is 2.33. The van der Waals surface area contributed by atoms with Crippen molar-refractivity contribution < 1.29 is 14.3 Å². The lowest BCUT2D eigenvalue weighted by atomic mass is 9.94. The van der Waals surface area contributed by atoms with E-state index in [-0.39, 0.29) is 17.5 Å². The molecule has 114 valence electrons. The highest BCUT2D eigenvalue weighted by atomic mass is 16.6. The lowest BCUT2D eigenvalue weighted by Gasteiger charge is -2.42. The summed E-state index contributed by atoms with van der Waals surface area (Å²) >= 11 is 0. The fraction of sp³-hybridized carbons (Fsp3) is 0.588. The molecule has 1 aromatic carbocycles. The number of rotatable bonds is 4. The summed E-state index contributed by atoms with van der Waals surface area (Å²) in [5.74, 6) is 0.215. The van der Waals surface area contributed by atoms with E-state index in [1.807, 2.05) is 30.3 Å². The Morgan fingerprint density at radius 2 is 2.14 bits per heavy atom. The van der Waals surface area contributed by atoms with Crippen molar-refractivity contribution in [2.24, 2.45) is 0 Å². The van der Waals surface area contributed by atoms with Crippen LogP contribution in [0.5, 0.6) is 0 Å². The molecular weight excluding hydrogens is 266 g/mol. The highest BCUT2D eigenvalue weighted by molar-refractivity contribution is 5.96. The number of carbonyl (C=O) groups excluding carboxylic acids is 1. The van der Waals surface area contributed by atoms with Crippen molar-refractivity contribution in [2.75, 3.05) is 32.8 Å². The molecule has 2 heterocycles. The smallest absolute Gasteiger partial charge is 0.164 e. The third-order valence-electron chi connectivity index (χ3n) is 4.67. The molecule has 0 aromatic heterocycles. The normalized spacial score (nSPS) is 29.9. The zero-order valence-corrected chi connectivity index (χ0v) is 12.6. The number of hydrogen-bond acceptors (Lipinski definition) is 4. The fourth-order valence-electron chi connectivity index (χ4n) is 3.26. The summed E-state index contributed by atoms with van der Waals surface area (Å²) in [6.07, 6.45) is 1.66. The molecule has 2 aliphatic rings. The Hall–Kier alpha value is -1.23. The second kappa shape index (κ2) is 6.26. The zero-order valence-electron chi connectivity index (χ0n) is 12.6. The van der Waals surface area contributed by atoms with Gasteiger partial charge < -0.3 is 9.47 Å². The van der Waals surface area contributed by atoms with Crippen LogP contribution in [-0.2, 0) is 9.47 Å². The number of ether oxygens (including phenoxy) is 2. The lowest BCUT2D eigenvalue weighted by Crippen LogP contribution is -2.55. The SMILES string of the molecule is CC1OCCC12CN(CCC(=O)c1ccccc1)CCO2. The maximum atomic E-state index is 12.2. The van der Waals surface area contributed by atoms with E-state index in [1.54, 1.807) is 0 Å². The first-order valence-corrected chi connectivity index (χ1v) is 7.76. The second-order valence-electron chi connectivity index (χ2n) is 5.99. The molecule has 2 fully saturated rings. The Balaban J connectivity index is 1.55. The van der Waals surface area contributed by atoms with E-state index in [2.05, 4.69) is 11.8 Å². The molecule has 2 saturated heterocycles. The number of ketones is 1. The average molecular weight is 289 g/mol. The van der Waals surface area contributed by atoms with E-state index in [0.29, 0.717) is 6.42 Å². The molecule has 4 nitrogen and oxygen atoms in total. The monoisotopic (exact) mass is 289 g/mol. The summed E-state index contributed by atoms with van der Waals surface area (Å²) in [6.45, 7) is 6.16. The van der Waals surface area contributed by atoms with Crippen LogP contribution < -0.4 is 0 Å². The minimum absolute atomic E-state index is 0.144. The van der Waals surface area contributed by atoms with E-state index in [0.717, 1.165) is 44.8 Å². The minimum Gasteiger partial charge on any atom is -0.375 e. The molecule has 0 N–H and O–H groups in total. The number of hydrogen-bond donors (Lipinski definition) is 0. The van der Waals surface area contributed by atoms with Gasteiger partial charge in [-0.2, -0.15) is 0 Å². The predicted octanol–water partition coefficient (Wildman–Crippen LogP) is 2.14. The molecule has 2 atom stereocenters. The van der Waals surface area contributed by atoms with Gasteiger partial charge in [0.25, 0.3) is 0 Å². The first-order chi connectivity index (χ1) is 10.2. The summed E-state index contributed by atoms with van der Waals surface area (Å²) < 4.78 is 11.7. The molecule has 0 bridgehead atoms. The van der Waals surface area contributed by atoms with Crippen LogP contribution in [0, 0.1) is 0 Å². The standard InChI is InChI=1S/C17H23NO3/c1-14-17(8-11-20-14)13-18(10-12-21-17)9-7-16(19)15-5-3-2-4-6-15/h2-6,14H,7-13H2,1H3. The Morgan fingerprint density at radius 3 is 2.86 bits per heavy atom. The lowest BCUT2D eigenvalue weighted by molar-refractivity contribution is -0.134. The maximum Gasteiger partial charge on any atom is 0.164 e. The van der Waals surface area contributed by atoms with Gasteiger partial charge in [0, 0.05) is 44.6 Å². The van der Waals surface area contributed by atoms with Crippen molar-refractivity contribution in [3.05, 3.63) is 35.9 Å². The molecule has 0 aliphatic carbocycles. The van der Waals surface area contributed by atoms with Gasteiger partial charge in [-0.05, 0) is 6.92 Å². The number of benzene rings is 1. The first-order valence-electron chi connectivity index (χ1n) is 7.76. The molecule has 4 heteroatoms. The Bertz CT molecular complexity index is 490. The van der Waals surface area contributed by atoms with Gasteiger partial charge in [-0.25, -0.2) is 0 Å². The average Bonchev–Trinajstić information content (AvgIpc) is 2.86. The molecule has 1 aromatic rings. The van der Waals surface area contributed by atoms with Crippen LogP contribution in [0.3, 0.4) is 0 Å². The van der Waals surface area contributed by atoms with Crippen molar-refractivity contribution in [3.63, 3.8) is 0 Å². The van der Waals surface area contributed by atoms with Crippen LogP contribution in [0.4, 0.5) is 0 Å². The molecule has 0 saturated carbocycles. The highest BCUT2D eigenvalue weighted by Gasteiger charge is 2.45. The number of nitrogens with zero attached hydrogens (tertiary/aromatic N) is 1. The summed E-state index contributed by atoms with van der Waals surface area (Å²) in [7, 11) is 0. The van der Waals surface area contributed by atoms with Gasteiger partial charge in [0.05, 0.1) is 12.7 Å². The van der Waals surface area contributed by atoms with Crippen molar-refractivity contribution in [3.8, 4) is 0 Å². The van der Waals surface area contributed by atoms with Crippen LogP contribution in [-0.4, -0.2) is 55.2 Å². The minimum atomic E-state index is -0.159. The van der Waals surface area contributed by atoms with Crippen LogP contribution in [0.1, 0.15) is 30.1 Å². The van der Waals surface area contributed by atoms with Crippen molar-refractivity contribution in [2.45, 2.75) is 31.5 Å². The van der Waals surface area contributed by atoms with Crippen LogP contribution >= 0.6 is 0 Å². The van der Waals surface area contributed by atoms with Gasteiger partial charge in [0.2, 0.25) is 0 Å². The Morgan fingerprint density at radius 1 is 1.33 bits per heavy atom. The summed E-state index contributed by atoms with van der Waals surface area (Å²) in [5.41, 5.74) is 0.645. The molecule has 21 heavy (non-hydrogen) atoms. The predicted molar refractivity (Wildman–Crippen MR) is 80.5 cm³/mol. The molecule has 2 aliphatic heterocycles. The van der Waals surface area contributed by atoms with Gasteiger partial charge in [0.15, 0.2) is 5.78 Å². The topological polar surface area (TPSA) is 38.8 Å². The van der Waals surface area contributed by atoms with Crippen molar-refractivity contribution in [1.29, 1.82) is 0 Å². The van der Waals surface area contributed by atoms with E-state index >= 15 is 0 Å². The van der Waals surface area contributed by atoms with Gasteiger partial charge in [-0.3, -0.25) is 9.69 Å². The maximum absolute atomic E-state index is 12.2. The van der Waals surface area contributed by atoms with Gasteiger partial charge in [-0.1, -0.05) is 30.3 Å².